The highest BCUT2D eigenvalue weighted by atomic mass is 35.5. The van der Waals surface area contributed by atoms with E-state index in [9.17, 15) is 18.0 Å². The normalized spacial score (nSPS) is 12.4. The minimum atomic E-state index is -4.20. The van der Waals surface area contributed by atoms with E-state index in [4.69, 9.17) is 27.9 Å². The molecule has 1 atom stereocenters. The van der Waals surface area contributed by atoms with Gasteiger partial charge < -0.3 is 15.0 Å². The molecule has 0 spiro atoms. The average molecular weight is 635 g/mol. The van der Waals surface area contributed by atoms with Gasteiger partial charge in [0, 0.05) is 18.2 Å². The minimum absolute atomic E-state index is 0.00230. The van der Waals surface area contributed by atoms with Crippen molar-refractivity contribution in [3.05, 3.63) is 87.9 Å². The second kappa shape index (κ2) is 13.8. The molecule has 0 aliphatic carbocycles. The number of methoxy groups -OCH3 is 1. The number of sulfonamides is 1. The Morgan fingerprint density at radius 2 is 1.64 bits per heavy atom. The minimum Gasteiger partial charge on any atom is -0.497 e. The Morgan fingerprint density at radius 1 is 0.976 bits per heavy atom. The fourth-order valence-corrected chi connectivity index (χ4v) is 6.07. The molecule has 8 nitrogen and oxygen atoms in total. The summed E-state index contributed by atoms with van der Waals surface area (Å²) < 4.78 is 34.4. The highest BCUT2D eigenvalue weighted by molar-refractivity contribution is 7.92. The van der Waals surface area contributed by atoms with Crippen LogP contribution in [-0.2, 0) is 26.2 Å². The third kappa shape index (κ3) is 8.40. The number of rotatable bonds is 11. The molecule has 0 aromatic heterocycles. The number of nitrogens with zero attached hydrogens (tertiary/aromatic N) is 2. The second-order valence-electron chi connectivity index (χ2n) is 11.0. The van der Waals surface area contributed by atoms with Crippen LogP contribution in [0.4, 0.5) is 5.69 Å². The van der Waals surface area contributed by atoms with Gasteiger partial charge in [0.05, 0.1) is 27.7 Å². The van der Waals surface area contributed by atoms with E-state index < -0.39 is 34.1 Å². The van der Waals surface area contributed by atoms with Crippen LogP contribution in [0.15, 0.2) is 71.6 Å². The van der Waals surface area contributed by atoms with Gasteiger partial charge in [0.25, 0.3) is 10.0 Å². The number of hydrogen-bond donors (Lipinski definition) is 1. The van der Waals surface area contributed by atoms with Crippen LogP contribution in [0.1, 0.15) is 45.2 Å². The predicted octanol–water partition coefficient (Wildman–Crippen LogP) is 6.23. The molecule has 0 saturated carbocycles. The summed E-state index contributed by atoms with van der Waals surface area (Å²) in [7, 11) is -2.73. The van der Waals surface area contributed by atoms with E-state index in [-0.39, 0.29) is 23.0 Å². The van der Waals surface area contributed by atoms with Crippen molar-refractivity contribution >= 4 is 50.7 Å². The molecule has 0 bridgehead atoms. The molecule has 0 aliphatic heterocycles. The summed E-state index contributed by atoms with van der Waals surface area (Å²) in [5.41, 5.74) is 1.21. The molecule has 42 heavy (non-hydrogen) atoms. The molecule has 0 saturated heterocycles. The van der Waals surface area contributed by atoms with Gasteiger partial charge in [0.1, 0.15) is 18.3 Å². The standard InChI is InChI=1S/C31H37Cl2N3O5S/c1-7-28(30(38)34-31(3,4)5)35(19-22-13-16-26(32)27(33)17-22)29(37)20-36(23-9-8-10-24(18-23)41-6)42(39,40)25-14-11-21(2)12-15-25/h8-18,28H,7,19-20H2,1-6H3,(H,34,38)/t28-/m0/s1. The lowest BCUT2D eigenvalue weighted by atomic mass is 10.1. The van der Waals surface area contributed by atoms with Gasteiger partial charge in [-0.15, -0.1) is 0 Å². The molecule has 226 valence electrons. The van der Waals surface area contributed by atoms with E-state index in [2.05, 4.69) is 5.32 Å². The molecule has 3 rings (SSSR count). The molecule has 0 unspecified atom stereocenters. The molecule has 3 aromatic carbocycles. The van der Waals surface area contributed by atoms with Gasteiger partial charge in [0.2, 0.25) is 11.8 Å². The van der Waals surface area contributed by atoms with Crippen LogP contribution in [0.2, 0.25) is 10.0 Å². The largest absolute Gasteiger partial charge is 0.497 e. The van der Waals surface area contributed by atoms with E-state index in [1.807, 2.05) is 27.7 Å². The van der Waals surface area contributed by atoms with Crippen molar-refractivity contribution in [2.24, 2.45) is 0 Å². The SMILES string of the molecule is CC[C@@H](C(=O)NC(C)(C)C)N(Cc1ccc(Cl)c(Cl)c1)C(=O)CN(c1cccc(OC)c1)S(=O)(=O)c1ccc(C)cc1. The number of carbonyl (C=O) groups is 2. The summed E-state index contributed by atoms with van der Waals surface area (Å²) in [6, 6.07) is 16.9. The Bertz CT molecular complexity index is 1520. The Hall–Kier alpha value is -3.27. The van der Waals surface area contributed by atoms with Crippen molar-refractivity contribution in [2.45, 2.75) is 64.1 Å². The molecule has 0 fully saturated rings. The zero-order valence-corrected chi connectivity index (χ0v) is 27.0. The monoisotopic (exact) mass is 633 g/mol. The lowest BCUT2D eigenvalue weighted by Gasteiger charge is -2.35. The van der Waals surface area contributed by atoms with E-state index in [0.717, 1.165) is 9.87 Å². The average Bonchev–Trinajstić information content (AvgIpc) is 2.92. The molecular weight excluding hydrogens is 597 g/mol. The number of aryl methyl sites for hydroxylation is 1. The van der Waals surface area contributed by atoms with Crippen molar-refractivity contribution in [3.8, 4) is 5.75 Å². The second-order valence-corrected chi connectivity index (χ2v) is 13.6. The molecular formula is C31H37Cl2N3O5S. The highest BCUT2D eigenvalue weighted by Crippen LogP contribution is 2.29. The Kier molecular flexibility index (Phi) is 10.9. The topological polar surface area (TPSA) is 96.0 Å². The Morgan fingerprint density at radius 3 is 2.21 bits per heavy atom. The maximum atomic E-state index is 14.2. The van der Waals surface area contributed by atoms with Crippen LogP contribution in [0.3, 0.4) is 0 Å². The first-order chi connectivity index (χ1) is 19.7. The van der Waals surface area contributed by atoms with Gasteiger partial charge in [-0.25, -0.2) is 8.42 Å². The van der Waals surface area contributed by atoms with Gasteiger partial charge >= 0.3 is 0 Å². The first kappa shape index (κ1) is 33.2. The number of halogens is 2. The van der Waals surface area contributed by atoms with Gasteiger partial charge in [-0.2, -0.15) is 0 Å². The summed E-state index contributed by atoms with van der Waals surface area (Å²) in [4.78, 5) is 29.0. The Labute approximate surface area is 258 Å². The summed E-state index contributed by atoms with van der Waals surface area (Å²) >= 11 is 12.4. The zero-order valence-electron chi connectivity index (χ0n) is 24.6. The summed E-state index contributed by atoms with van der Waals surface area (Å²) in [6.45, 7) is 8.63. The van der Waals surface area contributed by atoms with E-state index in [1.54, 1.807) is 61.5 Å². The van der Waals surface area contributed by atoms with E-state index >= 15 is 0 Å². The van der Waals surface area contributed by atoms with Crippen molar-refractivity contribution in [1.29, 1.82) is 0 Å². The number of anilines is 1. The van der Waals surface area contributed by atoms with Crippen molar-refractivity contribution in [2.75, 3.05) is 18.0 Å². The van der Waals surface area contributed by atoms with Crippen molar-refractivity contribution in [1.82, 2.24) is 10.2 Å². The maximum absolute atomic E-state index is 14.2. The fraction of sp³-hybridized carbons (Fsp3) is 0.355. The van der Waals surface area contributed by atoms with Gasteiger partial charge in [-0.05, 0) is 76.1 Å². The molecule has 0 heterocycles. The molecule has 1 N–H and O–H groups in total. The summed E-state index contributed by atoms with van der Waals surface area (Å²) in [6.07, 6.45) is 0.291. The number of benzene rings is 3. The van der Waals surface area contributed by atoms with Gasteiger partial charge in [-0.1, -0.05) is 60.0 Å². The van der Waals surface area contributed by atoms with Crippen molar-refractivity contribution < 1.29 is 22.7 Å². The molecule has 3 aromatic rings. The van der Waals surface area contributed by atoms with Crippen LogP contribution >= 0.6 is 23.2 Å². The van der Waals surface area contributed by atoms with Crippen LogP contribution in [0, 0.1) is 6.92 Å². The predicted molar refractivity (Wildman–Crippen MR) is 168 cm³/mol. The smallest absolute Gasteiger partial charge is 0.264 e. The molecule has 0 aliphatic rings. The number of carbonyl (C=O) groups excluding carboxylic acids is 2. The van der Waals surface area contributed by atoms with Crippen LogP contribution in [-0.4, -0.2) is 50.4 Å². The number of nitrogens with one attached hydrogen (secondary N) is 1. The lowest BCUT2D eigenvalue weighted by Crippen LogP contribution is -2.55. The lowest BCUT2D eigenvalue weighted by molar-refractivity contribution is -0.141. The maximum Gasteiger partial charge on any atom is 0.264 e. The van der Waals surface area contributed by atoms with Gasteiger partial charge in [-0.3, -0.25) is 13.9 Å². The zero-order chi connectivity index (χ0) is 31.2. The van der Waals surface area contributed by atoms with E-state index in [0.29, 0.717) is 27.8 Å². The third-order valence-electron chi connectivity index (χ3n) is 6.45. The van der Waals surface area contributed by atoms with Crippen LogP contribution < -0.4 is 14.4 Å². The van der Waals surface area contributed by atoms with E-state index in [1.165, 1.54) is 24.1 Å². The quantitative estimate of drug-likeness (QED) is 0.270. The highest BCUT2D eigenvalue weighted by Gasteiger charge is 2.34. The third-order valence-corrected chi connectivity index (χ3v) is 8.98. The number of amides is 2. The van der Waals surface area contributed by atoms with Gasteiger partial charge in [0.15, 0.2) is 0 Å². The number of hydrogen-bond acceptors (Lipinski definition) is 5. The van der Waals surface area contributed by atoms with Crippen LogP contribution in [0.25, 0.3) is 0 Å². The first-order valence-electron chi connectivity index (χ1n) is 13.4. The van der Waals surface area contributed by atoms with Crippen molar-refractivity contribution in [3.63, 3.8) is 0 Å². The summed E-state index contributed by atoms with van der Waals surface area (Å²) in [5.74, 6) is -0.504. The molecule has 2 amide bonds. The fourth-order valence-electron chi connectivity index (χ4n) is 4.34. The molecule has 11 heteroatoms. The Balaban J connectivity index is 2.11. The van der Waals surface area contributed by atoms with Crippen LogP contribution in [0.5, 0.6) is 5.75 Å². The molecule has 0 radical (unpaired) electrons. The number of ether oxygens (including phenoxy) is 1. The first-order valence-corrected chi connectivity index (χ1v) is 15.6. The summed E-state index contributed by atoms with van der Waals surface area (Å²) in [5, 5.41) is 3.60.